The molecule has 0 radical (unpaired) electrons. The number of sulfonamides is 1. The average molecular weight is 428 g/mol. The number of hydrogen-bond acceptors (Lipinski definition) is 4. The Kier molecular flexibility index (Phi) is 6.37. The Labute approximate surface area is 174 Å². The van der Waals surface area contributed by atoms with Gasteiger partial charge >= 0.3 is 0 Å². The minimum absolute atomic E-state index is 0.110. The number of carbonyl (C=O) groups is 1. The van der Waals surface area contributed by atoms with E-state index in [2.05, 4.69) is 10.0 Å². The van der Waals surface area contributed by atoms with E-state index in [-0.39, 0.29) is 27.9 Å². The SMILES string of the molecule is COc1cc(S(=O)(=O)Nc2ccccc2C(=O)N[C@H](C)c2ccccc2)ccc1F. The maximum atomic E-state index is 13.6. The highest BCUT2D eigenvalue weighted by Crippen LogP contribution is 2.25. The Balaban J connectivity index is 1.85. The van der Waals surface area contributed by atoms with Gasteiger partial charge in [-0.1, -0.05) is 42.5 Å². The molecule has 0 unspecified atom stereocenters. The van der Waals surface area contributed by atoms with E-state index >= 15 is 0 Å². The van der Waals surface area contributed by atoms with Gasteiger partial charge in [-0.05, 0) is 36.8 Å². The van der Waals surface area contributed by atoms with Crippen molar-refractivity contribution in [2.24, 2.45) is 0 Å². The lowest BCUT2D eigenvalue weighted by atomic mass is 10.1. The van der Waals surface area contributed by atoms with Gasteiger partial charge in [-0.2, -0.15) is 0 Å². The maximum absolute atomic E-state index is 13.6. The highest BCUT2D eigenvalue weighted by molar-refractivity contribution is 7.92. The summed E-state index contributed by atoms with van der Waals surface area (Å²) in [5.41, 5.74) is 1.19. The molecule has 0 saturated heterocycles. The third kappa shape index (κ3) is 4.77. The second-order valence-electron chi connectivity index (χ2n) is 6.55. The van der Waals surface area contributed by atoms with Crippen molar-refractivity contribution in [3.05, 3.63) is 89.7 Å². The smallest absolute Gasteiger partial charge is 0.262 e. The Hall–Kier alpha value is -3.39. The van der Waals surface area contributed by atoms with Gasteiger partial charge in [0.1, 0.15) is 0 Å². The molecule has 156 valence electrons. The topological polar surface area (TPSA) is 84.5 Å². The minimum atomic E-state index is -4.08. The molecule has 3 aromatic carbocycles. The summed E-state index contributed by atoms with van der Waals surface area (Å²) in [6.07, 6.45) is 0. The maximum Gasteiger partial charge on any atom is 0.262 e. The lowest BCUT2D eigenvalue weighted by Crippen LogP contribution is -2.28. The number of carbonyl (C=O) groups excluding carboxylic acids is 1. The fourth-order valence-corrected chi connectivity index (χ4v) is 3.98. The number of halogens is 1. The predicted molar refractivity (Wildman–Crippen MR) is 113 cm³/mol. The fourth-order valence-electron chi connectivity index (χ4n) is 2.88. The molecule has 1 atom stereocenters. The number of anilines is 1. The largest absolute Gasteiger partial charge is 0.494 e. The van der Waals surface area contributed by atoms with Gasteiger partial charge in [0.15, 0.2) is 11.6 Å². The summed E-state index contributed by atoms with van der Waals surface area (Å²) in [6.45, 7) is 1.84. The van der Waals surface area contributed by atoms with E-state index in [1.807, 2.05) is 37.3 Å². The van der Waals surface area contributed by atoms with Crippen molar-refractivity contribution in [2.75, 3.05) is 11.8 Å². The third-order valence-corrected chi connectivity index (χ3v) is 5.86. The molecule has 0 spiro atoms. The predicted octanol–water partition coefficient (Wildman–Crippen LogP) is 4.13. The van der Waals surface area contributed by atoms with Crippen LogP contribution in [0.5, 0.6) is 5.75 Å². The summed E-state index contributed by atoms with van der Waals surface area (Å²) >= 11 is 0. The van der Waals surface area contributed by atoms with Crippen molar-refractivity contribution < 1.29 is 22.3 Å². The monoisotopic (exact) mass is 428 g/mol. The number of amides is 1. The zero-order valence-corrected chi connectivity index (χ0v) is 17.2. The number of rotatable bonds is 7. The van der Waals surface area contributed by atoms with Crippen LogP contribution in [0.3, 0.4) is 0 Å². The molecule has 0 saturated carbocycles. The van der Waals surface area contributed by atoms with Gasteiger partial charge in [0, 0.05) is 6.07 Å². The molecule has 0 aliphatic rings. The molecule has 0 aromatic heterocycles. The van der Waals surface area contributed by atoms with Crippen molar-refractivity contribution in [1.82, 2.24) is 5.32 Å². The first-order chi connectivity index (χ1) is 14.3. The second-order valence-corrected chi connectivity index (χ2v) is 8.24. The number of hydrogen-bond donors (Lipinski definition) is 2. The van der Waals surface area contributed by atoms with Gasteiger partial charge in [0.2, 0.25) is 0 Å². The highest BCUT2D eigenvalue weighted by Gasteiger charge is 2.21. The molecule has 6 nitrogen and oxygen atoms in total. The summed E-state index contributed by atoms with van der Waals surface area (Å²) < 4.78 is 46.4. The van der Waals surface area contributed by atoms with Crippen molar-refractivity contribution in [1.29, 1.82) is 0 Å². The van der Waals surface area contributed by atoms with E-state index in [1.165, 1.54) is 19.2 Å². The zero-order chi connectivity index (χ0) is 21.7. The van der Waals surface area contributed by atoms with Gasteiger partial charge in [-0.25, -0.2) is 12.8 Å². The van der Waals surface area contributed by atoms with E-state index in [1.54, 1.807) is 12.1 Å². The van der Waals surface area contributed by atoms with Crippen molar-refractivity contribution >= 4 is 21.6 Å². The Morgan fingerprint density at radius 3 is 2.37 bits per heavy atom. The second kappa shape index (κ2) is 8.96. The van der Waals surface area contributed by atoms with Gasteiger partial charge in [0.05, 0.1) is 29.3 Å². The molecular formula is C22H21FN2O4S. The first-order valence-corrected chi connectivity index (χ1v) is 10.6. The van der Waals surface area contributed by atoms with Crippen molar-refractivity contribution in [3.63, 3.8) is 0 Å². The molecule has 2 N–H and O–H groups in total. The van der Waals surface area contributed by atoms with Crippen molar-refractivity contribution in [2.45, 2.75) is 17.9 Å². The van der Waals surface area contributed by atoms with Crippen LogP contribution in [0.15, 0.2) is 77.7 Å². The van der Waals surface area contributed by atoms with E-state index < -0.39 is 21.7 Å². The number of ether oxygens (including phenoxy) is 1. The van der Waals surface area contributed by atoms with Crippen molar-refractivity contribution in [3.8, 4) is 5.75 Å². The fraction of sp³-hybridized carbons (Fsp3) is 0.136. The summed E-state index contributed by atoms with van der Waals surface area (Å²) in [6, 6.07) is 18.6. The number of nitrogens with one attached hydrogen (secondary N) is 2. The van der Waals surface area contributed by atoms with Crippen LogP contribution in [0.4, 0.5) is 10.1 Å². The van der Waals surface area contributed by atoms with E-state index in [0.717, 1.165) is 23.8 Å². The van der Waals surface area contributed by atoms with Crippen LogP contribution < -0.4 is 14.8 Å². The first kappa shape index (κ1) is 21.3. The quantitative estimate of drug-likeness (QED) is 0.593. The standard InChI is InChI=1S/C22H21FN2O4S/c1-15(16-8-4-3-5-9-16)24-22(26)18-10-6-7-11-20(18)25-30(27,28)17-12-13-19(23)21(14-17)29-2/h3-15,25H,1-2H3,(H,24,26)/t15-/m1/s1. The summed E-state index contributed by atoms with van der Waals surface area (Å²) in [4.78, 5) is 12.6. The van der Waals surface area contributed by atoms with E-state index in [4.69, 9.17) is 4.74 Å². The molecular weight excluding hydrogens is 407 g/mol. The summed E-state index contributed by atoms with van der Waals surface area (Å²) in [5, 5.41) is 2.86. The first-order valence-electron chi connectivity index (χ1n) is 9.13. The molecule has 3 rings (SSSR count). The van der Waals surface area contributed by atoms with Crippen LogP contribution >= 0.6 is 0 Å². The van der Waals surface area contributed by atoms with E-state index in [0.29, 0.717) is 0 Å². The molecule has 0 fully saturated rings. The molecule has 30 heavy (non-hydrogen) atoms. The lowest BCUT2D eigenvalue weighted by molar-refractivity contribution is 0.0941. The molecule has 1 amide bonds. The summed E-state index contributed by atoms with van der Waals surface area (Å²) in [7, 11) is -2.83. The van der Waals surface area contributed by atoms with E-state index in [9.17, 15) is 17.6 Å². The lowest BCUT2D eigenvalue weighted by Gasteiger charge is -2.17. The number of methoxy groups -OCH3 is 1. The van der Waals surface area contributed by atoms with Crippen LogP contribution in [0, 0.1) is 5.82 Å². The van der Waals surface area contributed by atoms with Crippen LogP contribution in [0.1, 0.15) is 28.9 Å². The molecule has 0 bridgehead atoms. The van der Waals surface area contributed by atoms with Gasteiger partial charge < -0.3 is 10.1 Å². The normalized spacial score (nSPS) is 12.1. The number of para-hydroxylation sites is 1. The Bertz CT molecular complexity index is 1150. The van der Waals surface area contributed by atoms with Crippen LogP contribution in [-0.2, 0) is 10.0 Å². The molecule has 3 aromatic rings. The molecule has 8 heteroatoms. The van der Waals surface area contributed by atoms with Crippen LogP contribution in [0.2, 0.25) is 0 Å². The van der Waals surface area contributed by atoms with Gasteiger partial charge in [-0.3, -0.25) is 9.52 Å². The minimum Gasteiger partial charge on any atom is -0.494 e. The summed E-state index contributed by atoms with van der Waals surface area (Å²) in [5.74, 6) is -1.30. The van der Waals surface area contributed by atoms with Gasteiger partial charge in [0.25, 0.3) is 15.9 Å². The number of benzene rings is 3. The average Bonchev–Trinajstić information content (AvgIpc) is 2.74. The van der Waals surface area contributed by atoms with Crippen LogP contribution in [0.25, 0.3) is 0 Å². The van der Waals surface area contributed by atoms with Gasteiger partial charge in [-0.15, -0.1) is 0 Å². The Morgan fingerprint density at radius 1 is 1.00 bits per heavy atom. The molecule has 0 aliphatic carbocycles. The molecule has 0 heterocycles. The zero-order valence-electron chi connectivity index (χ0n) is 16.4. The third-order valence-electron chi connectivity index (χ3n) is 4.50. The van der Waals surface area contributed by atoms with Crippen LogP contribution in [-0.4, -0.2) is 21.4 Å². The Morgan fingerprint density at radius 2 is 1.67 bits per heavy atom. The highest BCUT2D eigenvalue weighted by atomic mass is 32.2. The molecule has 0 aliphatic heterocycles.